The maximum Gasteiger partial charge on any atom is 0.120 e. The minimum absolute atomic E-state index is 0.189. The molecule has 1 N–H and O–H groups in total. The average molecular weight is 328 g/mol. The normalized spacial score (nSPS) is 26.3. The van der Waals surface area contributed by atoms with Crippen molar-refractivity contribution in [3.63, 3.8) is 0 Å². The van der Waals surface area contributed by atoms with E-state index in [-0.39, 0.29) is 12.1 Å². The number of rotatable bonds is 3. The summed E-state index contributed by atoms with van der Waals surface area (Å²) >= 11 is 3.48. The predicted octanol–water partition coefficient (Wildman–Crippen LogP) is 3.72. The number of hydrogen-bond acceptors (Lipinski definition) is 3. The van der Waals surface area contributed by atoms with Crippen molar-refractivity contribution in [2.24, 2.45) is 0 Å². The van der Waals surface area contributed by atoms with E-state index >= 15 is 0 Å². The summed E-state index contributed by atoms with van der Waals surface area (Å²) in [4.78, 5) is 2.44. The van der Waals surface area contributed by atoms with Gasteiger partial charge in [0.1, 0.15) is 5.75 Å². The van der Waals surface area contributed by atoms with Gasteiger partial charge in [-0.3, -0.25) is 4.90 Å². The third-order valence-electron chi connectivity index (χ3n) is 3.92. The second-order valence-electron chi connectivity index (χ2n) is 5.28. The van der Waals surface area contributed by atoms with Crippen LogP contribution in [0.15, 0.2) is 22.7 Å². The van der Waals surface area contributed by atoms with E-state index in [2.05, 4.69) is 41.6 Å². The molecule has 1 aromatic rings. The van der Waals surface area contributed by atoms with Gasteiger partial charge < -0.3 is 9.84 Å². The molecule has 0 aromatic heterocycles. The van der Waals surface area contributed by atoms with Crippen molar-refractivity contribution < 1.29 is 9.84 Å². The molecule has 1 aliphatic heterocycles. The molecule has 0 saturated carbocycles. The van der Waals surface area contributed by atoms with Crippen LogP contribution in [-0.2, 0) is 4.74 Å². The molecule has 1 aliphatic rings. The first-order valence-electron chi connectivity index (χ1n) is 6.88. The highest BCUT2D eigenvalue weighted by atomic mass is 79.9. The zero-order valence-corrected chi connectivity index (χ0v) is 13.4. The van der Waals surface area contributed by atoms with E-state index in [4.69, 9.17) is 4.74 Å². The van der Waals surface area contributed by atoms with E-state index < -0.39 is 0 Å². The fourth-order valence-electron chi connectivity index (χ4n) is 2.74. The van der Waals surface area contributed by atoms with Crippen LogP contribution in [0.3, 0.4) is 0 Å². The molecule has 0 radical (unpaired) electrons. The van der Waals surface area contributed by atoms with E-state index in [1.165, 1.54) is 0 Å². The predicted molar refractivity (Wildman–Crippen MR) is 80.4 cm³/mol. The summed E-state index contributed by atoms with van der Waals surface area (Å²) in [5.74, 6) is 0.365. The Hall–Kier alpha value is -0.580. The molecule has 2 rings (SSSR count). The quantitative estimate of drug-likeness (QED) is 0.918. The minimum Gasteiger partial charge on any atom is -0.508 e. The summed E-state index contributed by atoms with van der Waals surface area (Å²) in [6.07, 6.45) is 1.31. The number of ether oxygens (including phenoxy) is 1. The van der Waals surface area contributed by atoms with Crippen molar-refractivity contribution in [2.75, 3.05) is 13.2 Å². The van der Waals surface area contributed by atoms with E-state index in [9.17, 15) is 5.11 Å². The number of halogens is 1. The molecule has 0 amide bonds. The van der Waals surface area contributed by atoms with E-state index in [0.717, 1.165) is 29.6 Å². The van der Waals surface area contributed by atoms with Crippen LogP contribution in [0.25, 0.3) is 0 Å². The highest BCUT2D eigenvalue weighted by Crippen LogP contribution is 2.34. The molecule has 3 atom stereocenters. The van der Waals surface area contributed by atoms with Crippen molar-refractivity contribution in [1.82, 2.24) is 4.90 Å². The molecule has 1 saturated heterocycles. The van der Waals surface area contributed by atoms with Crippen molar-refractivity contribution in [3.8, 4) is 5.75 Å². The molecule has 0 spiro atoms. The van der Waals surface area contributed by atoms with Crippen LogP contribution in [0.2, 0.25) is 0 Å². The summed E-state index contributed by atoms with van der Waals surface area (Å²) in [7, 11) is 0. The van der Waals surface area contributed by atoms with Crippen LogP contribution in [0.1, 0.15) is 38.8 Å². The second-order valence-corrected chi connectivity index (χ2v) is 6.20. The molecule has 4 heteroatoms. The standard InChI is InChI=1S/C15H22BrNO2/c1-4-13-9-19-10(2)8-17(13)11(3)14-7-12(16)5-6-15(14)18/h5-7,10-11,13,18H,4,8-9H2,1-3H3. The molecule has 0 bridgehead atoms. The summed E-state index contributed by atoms with van der Waals surface area (Å²) in [5.41, 5.74) is 0.974. The highest BCUT2D eigenvalue weighted by Gasteiger charge is 2.30. The van der Waals surface area contributed by atoms with Crippen LogP contribution in [0, 0.1) is 0 Å². The Bertz CT molecular complexity index is 438. The molecular formula is C15H22BrNO2. The molecular weight excluding hydrogens is 306 g/mol. The van der Waals surface area contributed by atoms with E-state index in [1.807, 2.05) is 12.1 Å². The smallest absolute Gasteiger partial charge is 0.120 e. The van der Waals surface area contributed by atoms with Crippen LogP contribution in [0.5, 0.6) is 5.75 Å². The Balaban J connectivity index is 2.25. The fraction of sp³-hybridized carbons (Fsp3) is 0.600. The number of nitrogens with zero attached hydrogens (tertiary/aromatic N) is 1. The van der Waals surface area contributed by atoms with Gasteiger partial charge in [-0.2, -0.15) is 0 Å². The lowest BCUT2D eigenvalue weighted by atomic mass is 10.0. The van der Waals surface area contributed by atoms with Crippen molar-refractivity contribution in [3.05, 3.63) is 28.2 Å². The van der Waals surface area contributed by atoms with Crippen LogP contribution in [0.4, 0.5) is 0 Å². The molecule has 1 heterocycles. The van der Waals surface area contributed by atoms with E-state index in [0.29, 0.717) is 11.8 Å². The number of phenolic OH excluding ortho intramolecular Hbond substituents is 1. The largest absolute Gasteiger partial charge is 0.508 e. The summed E-state index contributed by atoms with van der Waals surface area (Å²) < 4.78 is 6.74. The van der Waals surface area contributed by atoms with Gasteiger partial charge in [0.05, 0.1) is 12.7 Å². The zero-order chi connectivity index (χ0) is 14.0. The minimum atomic E-state index is 0.189. The van der Waals surface area contributed by atoms with Gasteiger partial charge in [0.15, 0.2) is 0 Å². The summed E-state index contributed by atoms with van der Waals surface area (Å²) in [6, 6.07) is 6.23. The van der Waals surface area contributed by atoms with E-state index in [1.54, 1.807) is 6.07 Å². The monoisotopic (exact) mass is 327 g/mol. The SMILES string of the molecule is CCC1COC(C)CN1C(C)c1cc(Br)ccc1O. The Morgan fingerprint density at radius 1 is 1.53 bits per heavy atom. The van der Waals surface area contributed by atoms with Crippen LogP contribution in [-0.4, -0.2) is 35.3 Å². The summed E-state index contributed by atoms with van der Waals surface area (Å²) in [6.45, 7) is 8.13. The van der Waals surface area contributed by atoms with Gasteiger partial charge in [0.2, 0.25) is 0 Å². The molecule has 3 unspecified atom stereocenters. The zero-order valence-electron chi connectivity index (χ0n) is 11.8. The Morgan fingerprint density at radius 3 is 2.95 bits per heavy atom. The Labute approximate surface area is 123 Å². The van der Waals surface area contributed by atoms with Gasteiger partial charge in [-0.1, -0.05) is 22.9 Å². The van der Waals surface area contributed by atoms with Gasteiger partial charge >= 0.3 is 0 Å². The van der Waals surface area contributed by atoms with Crippen molar-refractivity contribution in [2.45, 2.75) is 45.4 Å². The third kappa shape index (κ3) is 3.30. The van der Waals surface area contributed by atoms with Crippen LogP contribution < -0.4 is 0 Å². The Morgan fingerprint density at radius 2 is 2.26 bits per heavy atom. The number of phenols is 1. The molecule has 19 heavy (non-hydrogen) atoms. The van der Waals surface area contributed by atoms with Gasteiger partial charge in [0, 0.05) is 28.7 Å². The maximum atomic E-state index is 10.1. The van der Waals surface area contributed by atoms with Crippen molar-refractivity contribution in [1.29, 1.82) is 0 Å². The fourth-order valence-corrected chi connectivity index (χ4v) is 3.11. The average Bonchev–Trinajstić information content (AvgIpc) is 2.40. The van der Waals surface area contributed by atoms with Gasteiger partial charge in [-0.25, -0.2) is 0 Å². The van der Waals surface area contributed by atoms with Crippen molar-refractivity contribution >= 4 is 15.9 Å². The number of aromatic hydroxyl groups is 1. The van der Waals surface area contributed by atoms with Gasteiger partial charge in [-0.15, -0.1) is 0 Å². The number of benzene rings is 1. The Kier molecular flexibility index (Phi) is 4.87. The molecule has 1 fully saturated rings. The molecule has 1 aromatic carbocycles. The third-order valence-corrected chi connectivity index (χ3v) is 4.41. The van der Waals surface area contributed by atoms with Crippen LogP contribution >= 0.6 is 15.9 Å². The lowest BCUT2D eigenvalue weighted by molar-refractivity contribution is -0.0708. The first-order chi connectivity index (χ1) is 9.02. The van der Waals surface area contributed by atoms with Gasteiger partial charge in [-0.05, 0) is 38.5 Å². The molecule has 0 aliphatic carbocycles. The second kappa shape index (κ2) is 6.25. The highest BCUT2D eigenvalue weighted by molar-refractivity contribution is 9.10. The summed E-state index contributed by atoms with van der Waals surface area (Å²) in [5, 5.41) is 10.1. The molecule has 3 nitrogen and oxygen atoms in total. The lowest BCUT2D eigenvalue weighted by Gasteiger charge is -2.42. The maximum absolute atomic E-state index is 10.1. The first kappa shape index (κ1) is 14.8. The number of morpholine rings is 1. The lowest BCUT2D eigenvalue weighted by Crippen LogP contribution is -2.49. The number of hydrogen-bond donors (Lipinski definition) is 1. The van der Waals surface area contributed by atoms with Gasteiger partial charge in [0.25, 0.3) is 0 Å². The first-order valence-corrected chi connectivity index (χ1v) is 7.68. The molecule has 106 valence electrons. The topological polar surface area (TPSA) is 32.7 Å².